The molecule has 3 amide bonds. The molecule has 8 nitrogen and oxygen atoms in total. The second kappa shape index (κ2) is 16.7. The van der Waals surface area contributed by atoms with Gasteiger partial charge in [-0.3, -0.25) is 4.79 Å². The number of unbranched alkanes of at least 4 members (excludes halogenated alkanes) is 1. The Balaban J connectivity index is 1.35. The summed E-state index contributed by atoms with van der Waals surface area (Å²) in [7, 11) is 0. The number of carbonyl (C=O) groups excluding carboxylic acids is 3. The molecule has 8 heteroatoms. The summed E-state index contributed by atoms with van der Waals surface area (Å²) in [6, 6.07) is 14.3. The van der Waals surface area contributed by atoms with Crippen LogP contribution >= 0.6 is 0 Å². The van der Waals surface area contributed by atoms with Crippen LogP contribution in [0.1, 0.15) is 105 Å². The van der Waals surface area contributed by atoms with Gasteiger partial charge in [0.05, 0.1) is 6.42 Å². The van der Waals surface area contributed by atoms with Gasteiger partial charge in [0.25, 0.3) is 0 Å². The van der Waals surface area contributed by atoms with Crippen LogP contribution in [-0.2, 0) is 20.7 Å². The third-order valence-corrected chi connectivity index (χ3v) is 9.18. The second-order valence-electron chi connectivity index (χ2n) is 15.7. The van der Waals surface area contributed by atoms with E-state index in [0.717, 1.165) is 68.0 Å². The molecule has 1 aliphatic carbocycles. The lowest BCUT2D eigenvalue weighted by atomic mass is 9.89. The highest BCUT2D eigenvalue weighted by Gasteiger charge is 2.30. The van der Waals surface area contributed by atoms with Gasteiger partial charge >= 0.3 is 12.2 Å². The van der Waals surface area contributed by atoms with Crippen molar-refractivity contribution in [3.05, 3.63) is 48.0 Å². The minimum atomic E-state index is -0.601. The van der Waals surface area contributed by atoms with Gasteiger partial charge in [-0.2, -0.15) is 0 Å². The van der Waals surface area contributed by atoms with Crippen LogP contribution in [0.3, 0.4) is 0 Å². The number of ether oxygens (including phenoxy) is 2. The Morgan fingerprint density at radius 3 is 1.89 bits per heavy atom. The predicted octanol–water partition coefficient (Wildman–Crippen LogP) is 8.46. The Kier molecular flexibility index (Phi) is 13.0. The fourth-order valence-corrected chi connectivity index (χ4v) is 6.93. The minimum absolute atomic E-state index is 0.134. The fraction of sp³-hybridized carbons (Fsp3) is 0.667. The standard InChI is InChI=1S/C39H59N3O5/c1-38(2,3)46-36(44)41(27-30-16-8-7-9-17-30)23-12-13-24-42(37(45)47-39(4,5)6)29-31-18-15-25-40(28-31)35(43)26-33-21-14-20-32-19-10-11-22-34(32)33/h10-11,14,19-22,30-31H,7-9,12-13,15-18,23-29H2,1-6H3. The molecule has 1 unspecified atom stereocenters. The van der Waals surface area contributed by atoms with Gasteiger partial charge in [-0.1, -0.05) is 61.7 Å². The van der Waals surface area contributed by atoms with Gasteiger partial charge in [0.15, 0.2) is 0 Å². The summed E-state index contributed by atoms with van der Waals surface area (Å²) in [5, 5.41) is 2.27. The summed E-state index contributed by atoms with van der Waals surface area (Å²) in [6.45, 7) is 15.2. The normalized spacial score (nSPS) is 17.7. The van der Waals surface area contributed by atoms with Crippen LogP contribution in [0.15, 0.2) is 42.5 Å². The van der Waals surface area contributed by atoms with Crippen LogP contribution in [-0.4, -0.2) is 83.3 Å². The van der Waals surface area contributed by atoms with E-state index < -0.39 is 11.2 Å². The second-order valence-corrected chi connectivity index (χ2v) is 15.7. The quantitative estimate of drug-likeness (QED) is 0.228. The average molecular weight is 650 g/mol. The highest BCUT2D eigenvalue weighted by atomic mass is 16.6. The summed E-state index contributed by atoms with van der Waals surface area (Å²) in [4.78, 5) is 45.7. The zero-order chi connectivity index (χ0) is 34.0. The van der Waals surface area contributed by atoms with E-state index in [4.69, 9.17) is 9.47 Å². The molecule has 1 saturated heterocycles. The first-order valence-electron chi connectivity index (χ1n) is 18.0. The van der Waals surface area contributed by atoms with Crippen molar-refractivity contribution >= 4 is 28.9 Å². The topological polar surface area (TPSA) is 79.4 Å². The van der Waals surface area contributed by atoms with E-state index in [1.807, 2.05) is 80.5 Å². The number of fused-ring (bicyclic) bond motifs is 1. The van der Waals surface area contributed by atoms with E-state index in [-0.39, 0.29) is 24.0 Å². The van der Waals surface area contributed by atoms with E-state index in [2.05, 4.69) is 18.2 Å². The third-order valence-electron chi connectivity index (χ3n) is 9.18. The number of piperidine rings is 1. The highest BCUT2D eigenvalue weighted by molar-refractivity contribution is 5.90. The maximum Gasteiger partial charge on any atom is 0.410 e. The SMILES string of the molecule is CC(C)(C)OC(=O)N(CCCCN(CC1CCCN(C(=O)Cc2cccc3ccccc23)C1)C(=O)OC(C)(C)C)CC1CCCCC1. The van der Waals surface area contributed by atoms with Crippen LogP contribution in [0, 0.1) is 11.8 Å². The van der Waals surface area contributed by atoms with Crippen LogP contribution in [0.25, 0.3) is 10.8 Å². The molecule has 2 aliphatic rings. The van der Waals surface area contributed by atoms with Crippen molar-refractivity contribution in [3.63, 3.8) is 0 Å². The number of hydrogen-bond acceptors (Lipinski definition) is 5. The summed E-state index contributed by atoms with van der Waals surface area (Å²) in [5.74, 6) is 0.833. The van der Waals surface area contributed by atoms with Crippen molar-refractivity contribution in [1.82, 2.24) is 14.7 Å². The van der Waals surface area contributed by atoms with Gasteiger partial charge < -0.3 is 24.2 Å². The zero-order valence-electron chi connectivity index (χ0n) is 29.9. The summed E-state index contributed by atoms with van der Waals surface area (Å²) >= 11 is 0. The Hall–Kier alpha value is -3.29. The maximum absolute atomic E-state index is 13.5. The monoisotopic (exact) mass is 649 g/mol. The molecular weight excluding hydrogens is 590 g/mol. The van der Waals surface area contributed by atoms with Gasteiger partial charge in [0, 0.05) is 39.3 Å². The molecule has 0 N–H and O–H groups in total. The lowest BCUT2D eigenvalue weighted by molar-refractivity contribution is -0.132. The maximum atomic E-state index is 13.5. The van der Waals surface area contributed by atoms with Crippen molar-refractivity contribution in [1.29, 1.82) is 0 Å². The van der Waals surface area contributed by atoms with Crippen LogP contribution < -0.4 is 0 Å². The van der Waals surface area contributed by atoms with E-state index in [1.54, 1.807) is 0 Å². The van der Waals surface area contributed by atoms with Gasteiger partial charge in [0.1, 0.15) is 11.2 Å². The predicted molar refractivity (Wildman–Crippen MR) is 188 cm³/mol. The lowest BCUT2D eigenvalue weighted by Gasteiger charge is -2.36. The summed E-state index contributed by atoms with van der Waals surface area (Å²) in [6.07, 6.45) is 9.26. The van der Waals surface area contributed by atoms with Crippen molar-refractivity contribution in [2.45, 2.75) is 117 Å². The number of carbonyl (C=O) groups is 3. The molecule has 4 rings (SSSR count). The molecule has 1 atom stereocenters. The highest BCUT2D eigenvalue weighted by Crippen LogP contribution is 2.26. The summed E-state index contributed by atoms with van der Waals surface area (Å²) < 4.78 is 11.6. The number of amides is 3. The first-order valence-corrected chi connectivity index (χ1v) is 18.0. The average Bonchev–Trinajstić information content (AvgIpc) is 3.01. The van der Waals surface area contributed by atoms with Gasteiger partial charge in [-0.25, -0.2) is 9.59 Å². The molecule has 47 heavy (non-hydrogen) atoms. The van der Waals surface area contributed by atoms with Gasteiger partial charge in [-0.15, -0.1) is 0 Å². The molecule has 0 bridgehead atoms. The fourth-order valence-electron chi connectivity index (χ4n) is 6.93. The Bertz CT molecular complexity index is 1320. The van der Waals surface area contributed by atoms with Crippen LogP contribution in [0.4, 0.5) is 9.59 Å². The van der Waals surface area contributed by atoms with Crippen LogP contribution in [0.5, 0.6) is 0 Å². The van der Waals surface area contributed by atoms with E-state index >= 15 is 0 Å². The molecule has 1 saturated carbocycles. The molecule has 2 aromatic carbocycles. The molecule has 2 aromatic rings. The summed E-state index contributed by atoms with van der Waals surface area (Å²) in [5.41, 5.74) is -0.0930. The number of likely N-dealkylation sites (tertiary alicyclic amines) is 1. The molecule has 1 aliphatic heterocycles. The lowest BCUT2D eigenvalue weighted by Crippen LogP contribution is -2.46. The Morgan fingerprint density at radius 2 is 1.28 bits per heavy atom. The number of hydrogen-bond donors (Lipinski definition) is 0. The Labute approximate surface area is 283 Å². The zero-order valence-corrected chi connectivity index (χ0v) is 29.9. The molecule has 2 fully saturated rings. The van der Waals surface area contributed by atoms with Gasteiger partial charge in [-0.05, 0) is 108 Å². The molecular formula is C39H59N3O5. The molecule has 0 spiro atoms. The van der Waals surface area contributed by atoms with Crippen molar-refractivity contribution in [2.75, 3.05) is 39.3 Å². The van der Waals surface area contributed by atoms with Gasteiger partial charge in [0.2, 0.25) is 5.91 Å². The number of benzene rings is 2. The van der Waals surface area contributed by atoms with E-state index in [9.17, 15) is 14.4 Å². The van der Waals surface area contributed by atoms with Crippen molar-refractivity contribution in [2.24, 2.45) is 11.8 Å². The Morgan fingerprint density at radius 1 is 0.723 bits per heavy atom. The third kappa shape index (κ3) is 12.0. The molecule has 260 valence electrons. The van der Waals surface area contributed by atoms with Crippen molar-refractivity contribution in [3.8, 4) is 0 Å². The molecule has 1 heterocycles. The number of nitrogens with zero attached hydrogens (tertiary/aromatic N) is 3. The van der Waals surface area contributed by atoms with Crippen LogP contribution in [0.2, 0.25) is 0 Å². The number of rotatable bonds is 11. The molecule has 0 aromatic heterocycles. The first-order chi connectivity index (χ1) is 22.3. The molecule has 0 radical (unpaired) electrons. The largest absolute Gasteiger partial charge is 0.444 e. The van der Waals surface area contributed by atoms with E-state index in [0.29, 0.717) is 38.5 Å². The van der Waals surface area contributed by atoms with E-state index in [1.165, 1.54) is 19.3 Å². The van der Waals surface area contributed by atoms with Crippen molar-refractivity contribution < 1.29 is 23.9 Å². The first kappa shape index (κ1) is 36.5. The minimum Gasteiger partial charge on any atom is -0.444 e. The smallest absolute Gasteiger partial charge is 0.410 e.